The van der Waals surface area contributed by atoms with Crippen LogP contribution in [0, 0.1) is 0 Å². The number of hydrogen-bond donors (Lipinski definition) is 1. The molecule has 2 heterocycles. The van der Waals surface area contributed by atoms with Crippen LogP contribution >= 0.6 is 11.6 Å². The molecule has 1 N–H and O–H groups in total. The summed E-state index contributed by atoms with van der Waals surface area (Å²) in [5.74, 6) is 0.0352. The number of benzene rings is 1. The fourth-order valence-corrected chi connectivity index (χ4v) is 3.17. The Labute approximate surface area is 159 Å². The molecule has 2 aromatic rings. The lowest BCUT2D eigenvalue weighted by Crippen LogP contribution is -2.32. The number of carbonyl (C=O) groups excluding carboxylic acids is 1. The number of nitrogens with zero attached hydrogens (tertiary/aromatic N) is 3. The summed E-state index contributed by atoms with van der Waals surface area (Å²) in [6.07, 6.45) is 0.749. The van der Waals surface area contributed by atoms with Crippen molar-refractivity contribution < 1.29 is 18.0 Å². The lowest BCUT2D eigenvalue weighted by Gasteiger charge is -2.19. The zero-order chi connectivity index (χ0) is 19.4. The van der Waals surface area contributed by atoms with E-state index < -0.39 is 11.7 Å². The number of rotatable bonds is 3. The van der Waals surface area contributed by atoms with Crippen LogP contribution in [0.3, 0.4) is 0 Å². The molecule has 27 heavy (non-hydrogen) atoms. The molecule has 0 aliphatic carbocycles. The van der Waals surface area contributed by atoms with E-state index in [-0.39, 0.29) is 28.1 Å². The molecule has 9 heteroatoms. The fourth-order valence-electron chi connectivity index (χ4n) is 2.95. The standard InChI is InChI=1S/C18H18ClF3N4O/c19-14-6-5-12(9-13(14)18(20,21)22)25-16-10-15(23-11-24-16)17(27)26-7-3-1-2-4-8-26/h5-6,9-11H,1-4,7-8H2,(H,23,24,25). The van der Waals surface area contributed by atoms with Gasteiger partial charge in [-0.3, -0.25) is 4.79 Å². The third-order valence-corrected chi connectivity index (χ3v) is 4.65. The first-order valence-corrected chi connectivity index (χ1v) is 8.97. The van der Waals surface area contributed by atoms with Crippen LogP contribution in [0.4, 0.5) is 24.7 Å². The smallest absolute Gasteiger partial charge is 0.340 e. The Hall–Kier alpha value is -2.35. The highest BCUT2D eigenvalue weighted by Crippen LogP contribution is 2.36. The number of anilines is 2. The third kappa shape index (κ3) is 4.88. The van der Waals surface area contributed by atoms with Crippen molar-refractivity contribution >= 4 is 29.0 Å². The average molecular weight is 399 g/mol. The predicted octanol–water partition coefficient (Wildman–Crippen LogP) is 4.91. The number of alkyl halides is 3. The number of aromatic nitrogens is 2. The molecule has 5 nitrogen and oxygen atoms in total. The molecule has 144 valence electrons. The highest BCUT2D eigenvalue weighted by atomic mass is 35.5. The minimum Gasteiger partial charge on any atom is -0.340 e. The summed E-state index contributed by atoms with van der Waals surface area (Å²) in [6, 6.07) is 4.92. The van der Waals surface area contributed by atoms with Crippen molar-refractivity contribution in [3.63, 3.8) is 0 Å². The van der Waals surface area contributed by atoms with E-state index in [0.29, 0.717) is 13.1 Å². The van der Waals surface area contributed by atoms with Gasteiger partial charge in [0, 0.05) is 24.8 Å². The molecule has 1 amide bonds. The van der Waals surface area contributed by atoms with Gasteiger partial charge in [-0.15, -0.1) is 0 Å². The predicted molar refractivity (Wildman–Crippen MR) is 96.1 cm³/mol. The second kappa shape index (κ2) is 8.12. The van der Waals surface area contributed by atoms with Crippen LogP contribution in [-0.2, 0) is 6.18 Å². The van der Waals surface area contributed by atoms with Gasteiger partial charge in [0.2, 0.25) is 0 Å². The summed E-state index contributed by atoms with van der Waals surface area (Å²) in [6.45, 7) is 1.36. The molecule has 0 saturated carbocycles. The minimum atomic E-state index is -4.56. The van der Waals surface area contributed by atoms with E-state index in [2.05, 4.69) is 15.3 Å². The highest BCUT2D eigenvalue weighted by Gasteiger charge is 2.33. The van der Waals surface area contributed by atoms with Crippen LogP contribution < -0.4 is 5.32 Å². The lowest BCUT2D eigenvalue weighted by molar-refractivity contribution is -0.137. The molecule has 1 fully saturated rings. The third-order valence-electron chi connectivity index (χ3n) is 4.32. The van der Waals surface area contributed by atoms with Crippen molar-refractivity contribution in [1.29, 1.82) is 0 Å². The normalized spacial score (nSPS) is 15.3. The number of carbonyl (C=O) groups is 1. The molecule has 0 bridgehead atoms. The summed E-state index contributed by atoms with van der Waals surface area (Å²) in [5, 5.41) is 2.39. The van der Waals surface area contributed by atoms with Crippen molar-refractivity contribution in [3.8, 4) is 0 Å². The van der Waals surface area contributed by atoms with Crippen molar-refractivity contribution in [2.45, 2.75) is 31.9 Å². The van der Waals surface area contributed by atoms with Crippen LogP contribution in [0.25, 0.3) is 0 Å². The van der Waals surface area contributed by atoms with E-state index >= 15 is 0 Å². The molecular formula is C18H18ClF3N4O. The summed E-state index contributed by atoms with van der Waals surface area (Å²) >= 11 is 5.63. The molecule has 1 aliphatic heterocycles. The van der Waals surface area contributed by atoms with Crippen LogP contribution in [0.15, 0.2) is 30.6 Å². The van der Waals surface area contributed by atoms with Crippen molar-refractivity contribution in [3.05, 3.63) is 46.9 Å². The number of amides is 1. The van der Waals surface area contributed by atoms with Gasteiger partial charge >= 0.3 is 6.18 Å². The first-order chi connectivity index (χ1) is 12.8. The molecular weight excluding hydrogens is 381 g/mol. The van der Waals surface area contributed by atoms with Crippen molar-refractivity contribution in [1.82, 2.24) is 14.9 Å². The second-order valence-corrected chi connectivity index (χ2v) is 6.72. The topological polar surface area (TPSA) is 58.1 Å². The first-order valence-electron chi connectivity index (χ1n) is 8.60. The number of hydrogen-bond acceptors (Lipinski definition) is 4. The van der Waals surface area contributed by atoms with Gasteiger partial charge in [0.05, 0.1) is 10.6 Å². The van der Waals surface area contributed by atoms with E-state index in [1.807, 2.05) is 0 Å². The second-order valence-electron chi connectivity index (χ2n) is 6.31. The SMILES string of the molecule is O=C(c1cc(Nc2ccc(Cl)c(C(F)(F)F)c2)ncn1)N1CCCCCC1. The molecule has 0 unspecified atom stereocenters. The molecule has 1 aromatic carbocycles. The van der Waals surface area contributed by atoms with Crippen molar-refractivity contribution in [2.24, 2.45) is 0 Å². The van der Waals surface area contributed by atoms with Crippen LogP contribution in [-0.4, -0.2) is 33.9 Å². The van der Waals surface area contributed by atoms with Gasteiger partial charge in [-0.2, -0.15) is 13.2 Å². The first kappa shape index (κ1) is 19.4. The maximum atomic E-state index is 13.0. The van der Waals surface area contributed by atoms with E-state index in [9.17, 15) is 18.0 Å². The van der Waals surface area contributed by atoms with Gasteiger partial charge in [0.15, 0.2) is 0 Å². The number of nitrogens with one attached hydrogen (secondary N) is 1. The van der Waals surface area contributed by atoms with Gasteiger partial charge in [-0.1, -0.05) is 24.4 Å². The van der Waals surface area contributed by atoms with E-state index in [4.69, 9.17) is 11.6 Å². The van der Waals surface area contributed by atoms with Gasteiger partial charge < -0.3 is 10.2 Å². The van der Waals surface area contributed by atoms with Crippen LogP contribution in [0.1, 0.15) is 41.7 Å². The van der Waals surface area contributed by atoms with E-state index in [0.717, 1.165) is 37.8 Å². The summed E-state index contributed by atoms with van der Waals surface area (Å²) in [5.41, 5.74) is -0.568. The Kier molecular flexibility index (Phi) is 5.84. The van der Waals surface area contributed by atoms with Crippen LogP contribution in [0.2, 0.25) is 5.02 Å². The molecule has 0 spiro atoms. The van der Waals surface area contributed by atoms with Gasteiger partial charge in [0.1, 0.15) is 17.8 Å². The quantitative estimate of drug-likeness (QED) is 0.798. The fraction of sp³-hybridized carbons (Fsp3) is 0.389. The average Bonchev–Trinajstić information content (AvgIpc) is 2.91. The summed E-state index contributed by atoms with van der Waals surface area (Å²) in [4.78, 5) is 22.4. The summed E-state index contributed by atoms with van der Waals surface area (Å²) in [7, 11) is 0. The Bertz CT molecular complexity index is 820. The number of halogens is 4. The van der Waals surface area contributed by atoms with Gasteiger partial charge in [-0.25, -0.2) is 9.97 Å². The number of likely N-dealkylation sites (tertiary alicyclic amines) is 1. The Balaban J connectivity index is 1.79. The maximum absolute atomic E-state index is 13.0. The van der Waals surface area contributed by atoms with Gasteiger partial charge in [-0.05, 0) is 31.0 Å². The zero-order valence-electron chi connectivity index (χ0n) is 14.4. The van der Waals surface area contributed by atoms with E-state index in [1.54, 1.807) is 4.90 Å². The Morgan fingerprint density at radius 2 is 1.78 bits per heavy atom. The molecule has 0 radical (unpaired) electrons. The largest absolute Gasteiger partial charge is 0.417 e. The lowest BCUT2D eigenvalue weighted by atomic mass is 10.2. The van der Waals surface area contributed by atoms with E-state index in [1.165, 1.54) is 18.5 Å². The van der Waals surface area contributed by atoms with Crippen LogP contribution in [0.5, 0.6) is 0 Å². The molecule has 3 rings (SSSR count). The molecule has 1 aliphatic rings. The minimum absolute atomic E-state index is 0.165. The summed E-state index contributed by atoms with van der Waals surface area (Å²) < 4.78 is 39.0. The molecule has 1 aromatic heterocycles. The molecule has 0 atom stereocenters. The molecule has 1 saturated heterocycles. The maximum Gasteiger partial charge on any atom is 0.417 e. The monoisotopic (exact) mass is 398 g/mol. The zero-order valence-corrected chi connectivity index (χ0v) is 15.1. The van der Waals surface area contributed by atoms with Crippen molar-refractivity contribution in [2.75, 3.05) is 18.4 Å². The highest BCUT2D eigenvalue weighted by molar-refractivity contribution is 6.31. The van der Waals surface area contributed by atoms with Gasteiger partial charge in [0.25, 0.3) is 5.91 Å². The Morgan fingerprint density at radius 3 is 2.44 bits per heavy atom. The Morgan fingerprint density at radius 1 is 1.07 bits per heavy atom.